The van der Waals surface area contributed by atoms with E-state index in [9.17, 15) is 0 Å². The lowest BCUT2D eigenvalue weighted by Crippen LogP contribution is -2.33. The number of nitrogens with one attached hydrogen (secondary N) is 1. The number of rotatable bonds is 7. The molecule has 0 amide bonds. The van der Waals surface area contributed by atoms with Crippen LogP contribution in [0.1, 0.15) is 43.5 Å². The van der Waals surface area contributed by atoms with Gasteiger partial charge in [0, 0.05) is 46.7 Å². The predicted octanol–water partition coefficient (Wildman–Crippen LogP) is 3.36. The molecule has 0 aliphatic rings. The molecule has 1 aromatic heterocycles. The third kappa shape index (κ3) is 5.05. The molecular formula is C21H31N5. The van der Waals surface area contributed by atoms with Gasteiger partial charge in [-0.2, -0.15) is 0 Å². The van der Waals surface area contributed by atoms with Crippen molar-refractivity contribution in [1.29, 1.82) is 0 Å². The van der Waals surface area contributed by atoms with Gasteiger partial charge in [-0.3, -0.25) is 0 Å². The van der Waals surface area contributed by atoms with Crippen LogP contribution in [0.3, 0.4) is 0 Å². The van der Waals surface area contributed by atoms with Crippen LogP contribution >= 0.6 is 0 Å². The monoisotopic (exact) mass is 353 g/mol. The van der Waals surface area contributed by atoms with Gasteiger partial charge >= 0.3 is 0 Å². The number of hydrogen-bond donors (Lipinski definition) is 2. The molecule has 0 fully saturated rings. The number of para-hydroxylation sites is 1. The summed E-state index contributed by atoms with van der Waals surface area (Å²) >= 11 is 0. The van der Waals surface area contributed by atoms with Crippen molar-refractivity contribution in [3.05, 3.63) is 59.7 Å². The first-order valence-corrected chi connectivity index (χ1v) is 9.00. The van der Waals surface area contributed by atoms with Crippen molar-refractivity contribution in [2.75, 3.05) is 26.0 Å². The first-order valence-electron chi connectivity index (χ1n) is 9.00. The van der Waals surface area contributed by atoms with Crippen LogP contribution in [0.5, 0.6) is 0 Å². The number of aromatic nitrogens is 2. The highest BCUT2D eigenvalue weighted by Crippen LogP contribution is 2.23. The highest BCUT2D eigenvalue weighted by atomic mass is 15.2. The Kier molecular flexibility index (Phi) is 6.37. The molecule has 5 nitrogen and oxygen atoms in total. The maximum atomic E-state index is 6.12. The number of nitrogens with two attached hydrogens (primary N) is 1. The van der Waals surface area contributed by atoms with Crippen molar-refractivity contribution in [2.24, 2.45) is 0 Å². The quantitative estimate of drug-likeness (QED) is 0.590. The Morgan fingerprint density at radius 3 is 2.54 bits per heavy atom. The highest BCUT2D eigenvalue weighted by Gasteiger charge is 2.19. The molecule has 0 spiro atoms. The van der Waals surface area contributed by atoms with E-state index in [2.05, 4.69) is 48.6 Å². The van der Waals surface area contributed by atoms with Crippen LogP contribution in [0, 0.1) is 6.92 Å². The molecule has 0 unspecified atom stereocenters. The molecular weight excluding hydrogens is 322 g/mol. The van der Waals surface area contributed by atoms with Crippen LogP contribution in [0.2, 0.25) is 0 Å². The fourth-order valence-corrected chi connectivity index (χ4v) is 2.78. The first-order chi connectivity index (χ1) is 12.2. The minimum absolute atomic E-state index is 0.0620. The van der Waals surface area contributed by atoms with E-state index in [1.165, 1.54) is 0 Å². The minimum atomic E-state index is -0.0620. The fraction of sp³-hybridized carbons (Fsp3) is 0.429. The Morgan fingerprint density at radius 2 is 1.92 bits per heavy atom. The van der Waals surface area contributed by atoms with Crippen molar-refractivity contribution in [3.8, 4) is 0 Å². The molecule has 1 aromatic carbocycles. The van der Waals surface area contributed by atoms with Crippen LogP contribution in [-0.2, 0) is 11.8 Å². The Morgan fingerprint density at radius 1 is 1.23 bits per heavy atom. The van der Waals surface area contributed by atoms with Gasteiger partial charge in [0.1, 0.15) is 5.82 Å². The van der Waals surface area contributed by atoms with Gasteiger partial charge in [0.15, 0.2) is 0 Å². The lowest BCUT2D eigenvalue weighted by molar-refractivity contribution is 0.378. The lowest BCUT2D eigenvalue weighted by Gasteiger charge is -2.27. The number of aryl methyl sites for hydroxylation is 1. The Balaban J connectivity index is 2.18. The van der Waals surface area contributed by atoms with E-state index in [0.29, 0.717) is 6.67 Å². The molecule has 0 aliphatic carbocycles. The zero-order valence-corrected chi connectivity index (χ0v) is 16.6. The van der Waals surface area contributed by atoms with Gasteiger partial charge in [0.05, 0.1) is 6.67 Å². The largest absolute Gasteiger partial charge is 0.398 e. The summed E-state index contributed by atoms with van der Waals surface area (Å²) in [5.41, 5.74) is 10.7. The summed E-state index contributed by atoms with van der Waals surface area (Å²) in [7, 11) is 1.93. The van der Waals surface area contributed by atoms with Crippen molar-refractivity contribution >= 4 is 11.4 Å². The predicted molar refractivity (Wildman–Crippen MR) is 110 cm³/mol. The summed E-state index contributed by atoms with van der Waals surface area (Å²) < 4.78 is 0. The maximum absolute atomic E-state index is 6.12. The third-order valence-electron chi connectivity index (χ3n) is 4.22. The van der Waals surface area contributed by atoms with Gasteiger partial charge in [0.2, 0.25) is 0 Å². The van der Waals surface area contributed by atoms with E-state index < -0.39 is 0 Å². The van der Waals surface area contributed by atoms with E-state index in [1.807, 2.05) is 38.2 Å². The SMILES string of the molecule is C=C(c1ccccc1N)N(CCc1cc(C)nc(C(C)(C)C)n1)CNC. The van der Waals surface area contributed by atoms with Gasteiger partial charge < -0.3 is 16.0 Å². The molecule has 1 heterocycles. The normalized spacial score (nSPS) is 11.4. The Hall–Kier alpha value is -2.40. The number of hydrogen-bond acceptors (Lipinski definition) is 5. The second kappa shape index (κ2) is 8.32. The summed E-state index contributed by atoms with van der Waals surface area (Å²) in [6.07, 6.45) is 0.819. The summed E-state index contributed by atoms with van der Waals surface area (Å²) in [4.78, 5) is 11.6. The van der Waals surface area contributed by atoms with Gasteiger partial charge in [-0.25, -0.2) is 9.97 Å². The van der Waals surface area contributed by atoms with Crippen LogP contribution in [0.15, 0.2) is 36.9 Å². The van der Waals surface area contributed by atoms with Crippen LogP contribution < -0.4 is 11.1 Å². The number of anilines is 1. The van der Waals surface area contributed by atoms with Gasteiger partial charge in [0.25, 0.3) is 0 Å². The zero-order valence-electron chi connectivity index (χ0n) is 16.6. The number of nitrogens with zero attached hydrogens (tertiary/aromatic N) is 3. The molecule has 26 heavy (non-hydrogen) atoms. The molecule has 0 radical (unpaired) electrons. The standard InChI is InChI=1S/C21H31N5/c1-15-13-17(25-20(24-15)21(3,4)5)11-12-26(14-23-6)16(2)18-9-7-8-10-19(18)22/h7-10,13,23H,2,11-12,14,22H2,1,3-6H3. The average Bonchev–Trinajstić information content (AvgIpc) is 2.57. The van der Waals surface area contributed by atoms with Crippen LogP contribution in [-0.4, -0.2) is 35.1 Å². The summed E-state index contributed by atoms with van der Waals surface area (Å²) in [5.74, 6) is 0.888. The third-order valence-corrected chi connectivity index (χ3v) is 4.22. The summed E-state index contributed by atoms with van der Waals surface area (Å²) in [6, 6.07) is 9.89. The van der Waals surface area contributed by atoms with E-state index in [0.717, 1.165) is 47.1 Å². The molecule has 2 rings (SSSR count). The Bertz CT molecular complexity index is 761. The van der Waals surface area contributed by atoms with Crippen molar-refractivity contribution < 1.29 is 0 Å². The lowest BCUT2D eigenvalue weighted by atomic mass is 9.95. The molecule has 3 N–H and O–H groups in total. The number of benzene rings is 1. The van der Waals surface area contributed by atoms with Crippen LogP contribution in [0.25, 0.3) is 5.70 Å². The first kappa shape index (κ1) is 19.9. The van der Waals surface area contributed by atoms with Gasteiger partial charge in [-0.15, -0.1) is 0 Å². The maximum Gasteiger partial charge on any atom is 0.134 e. The van der Waals surface area contributed by atoms with E-state index >= 15 is 0 Å². The van der Waals surface area contributed by atoms with E-state index in [1.54, 1.807) is 0 Å². The molecule has 0 aliphatic heterocycles. The molecule has 140 valence electrons. The average molecular weight is 354 g/mol. The molecule has 0 atom stereocenters. The minimum Gasteiger partial charge on any atom is -0.398 e. The summed E-state index contributed by atoms with van der Waals surface area (Å²) in [5, 5.41) is 3.21. The van der Waals surface area contributed by atoms with Crippen LogP contribution in [0.4, 0.5) is 5.69 Å². The molecule has 2 aromatic rings. The molecule has 0 bridgehead atoms. The second-order valence-electron chi connectivity index (χ2n) is 7.63. The van der Waals surface area contributed by atoms with Gasteiger partial charge in [-0.1, -0.05) is 45.5 Å². The number of nitrogen functional groups attached to an aromatic ring is 1. The second-order valence-corrected chi connectivity index (χ2v) is 7.63. The molecule has 0 saturated heterocycles. The van der Waals surface area contributed by atoms with Crippen molar-refractivity contribution in [3.63, 3.8) is 0 Å². The smallest absolute Gasteiger partial charge is 0.134 e. The molecule has 0 saturated carbocycles. The molecule has 5 heteroatoms. The Labute approximate surface area is 157 Å². The fourth-order valence-electron chi connectivity index (χ4n) is 2.78. The summed E-state index contributed by atoms with van der Waals surface area (Å²) in [6.45, 7) is 14.2. The van der Waals surface area contributed by atoms with E-state index in [4.69, 9.17) is 10.7 Å². The van der Waals surface area contributed by atoms with Gasteiger partial charge in [-0.05, 0) is 26.1 Å². The van der Waals surface area contributed by atoms with E-state index in [-0.39, 0.29) is 5.41 Å². The van der Waals surface area contributed by atoms with Crippen molar-refractivity contribution in [1.82, 2.24) is 20.2 Å². The highest BCUT2D eigenvalue weighted by molar-refractivity contribution is 5.72. The topological polar surface area (TPSA) is 67.1 Å². The van der Waals surface area contributed by atoms with Crippen molar-refractivity contribution in [2.45, 2.75) is 39.5 Å². The zero-order chi connectivity index (χ0) is 19.3.